The Morgan fingerprint density at radius 2 is 1.58 bits per heavy atom. The summed E-state index contributed by atoms with van der Waals surface area (Å²) in [5.41, 5.74) is 1.53. The summed E-state index contributed by atoms with van der Waals surface area (Å²) in [5, 5.41) is 0. The molecule has 4 saturated carbocycles. The van der Waals surface area contributed by atoms with Crippen LogP contribution in [0.15, 0.2) is 12.2 Å². The van der Waals surface area contributed by atoms with Gasteiger partial charge in [-0.2, -0.15) is 0 Å². The molecule has 0 aromatic carbocycles. The van der Waals surface area contributed by atoms with Crippen LogP contribution < -0.4 is 0 Å². The van der Waals surface area contributed by atoms with E-state index in [-0.39, 0.29) is 10.8 Å². The Bertz CT molecular complexity index is 337. The maximum Gasteiger partial charge on any atom is 0.146 e. The van der Waals surface area contributed by atoms with Crippen LogP contribution in [0, 0.1) is 34.5 Å². The number of fused-ring (bicyclic) bond motifs is 2. The smallest absolute Gasteiger partial charge is 0.146 e. The van der Waals surface area contributed by atoms with Crippen LogP contribution in [0.1, 0.15) is 13.8 Å². The third-order valence-corrected chi connectivity index (χ3v) is 5.34. The van der Waals surface area contributed by atoms with E-state index in [1.165, 1.54) is 5.57 Å². The first-order chi connectivity index (χ1) is 5.55. The van der Waals surface area contributed by atoms with Gasteiger partial charge in [0.1, 0.15) is 5.78 Å². The van der Waals surface area contributed by atoms with Gasteiger partial charge in [-0.15, -0.1) is 0 Å². The SMILES string of the molecule is C=C1[C@@H]2[C@@H]3[C@@H]4[C@H]1[C@]4(C)C(=O)[C@@]32C. The molecule has 4 rings (SSSR count). The largest absolute Gasteiger partial charge is 0.298 e. The second-order valence-corrected chi connectivity index (χ2v) is 5.48. The van der Waals surface area contributed by atoms with E-state index in [2.05, 4.69) is 20.4 Å². The lowest BCUT2D eigenvalue weighted by molar-refractivity contribution is -0.129. The van der Waals surface area contributed by atoms with E-state index in [1.807, 2.05) is 0 Å². The molecule has 0 bridgehead atoms. The van der Waals surface area contributed by atoms with E-state index in [0.29, 0.717) is 29.5 Å². The molecule has 0 N–H and O–H groups in total. The number of carbonyl (C=O) groups excluding carboxylic acids is 1. The minimum atomic E-state index is 0.0608. The quantitative estimate of drug-likeness (QED) is 0.492. The van der Waals surface area contributed by atoms with Gasteiger partial charge in [0, 0.05) is 10.8 Å². The van der Waals surface area contributed by atoms with Gasteiger partial charge in [0.15, 0.2) is 0 Å². The summed E-state index contributed by atoms with van der Waals surface area (Å²) in [6.07, 6.45) is 0. The predicted molar refractivity (Wildman–Crippen MR) is 44.3 cm³/mol. The van der Waals surface area contributed by atoms with Gasteiger partial charge in [0.2, 0.25) is 0 Å². The highest BCUT2D eigenvalue weighted by Gasteiger charge is 2.95. The lowest BCUT2D eigenvalue weighted by Crippen LogP contribution is -2.29. The Labute approximate surface area is 71.8 Å². The molecule has 0 amide bonds. The summed E-state index contributed by atoms with van der Waals surface area (Å²) in [6, 6.07) is 0. The number of hydrogen-bond donors (Lipinski definition) is 0. The molecule has 12 heavy (non-hydrogen) atoms. The van der Waals surface area contributed by atoms with Crippen LogP contribution >= 0.6 is 0 Å². The average molecular weight is 160 g/mol. The second kappa shape index (κ2) is 1.07. The van der Waals surface area contributed by atoms with Gasteiger partial charge in [-0.05, 0) is 23.7 Å². The molecule has 0 spiro atoms. The summed E-state index contributed by atoms with van der Waals surface area (Å²) in [4.78, 5) is 12.0. The highest BCUT2D eigenvalue weighted by molar-refractivity contribution is 6.04. The minimum Gasteiger partial charge on any atom is -0.298 e. The maximum atomic E-state index is 12.0. The fraction of sp³-hybridized carbons (Fsp3) is 0.727. The molecule has 6 atom stereocenters. The van der Waals surface area contributed by atoms with E-state index in [9.17, 15) is 4.79 Å². The summed E-state index contributed by atoms with van der Waals surface area (Å²) in [5.74, 6) is 3.19. The van der Waals surface area contributed by atoms with Crippen molar-refractivity contribution in [3.8, 4) is 0 Å². The zero-order valence-corrected chi connectivity index (χ0v) is 7.42. The molecule has 1 heteroatoms. The van der Waals surface area contributed by atoms with Crippen molar-refractivity contribution in [2.75, 3.05) is 0 Å². The molecule has 0 heterocycles. The van der Waals surface area contributed by atoms with Crippen LogP contribution in [0.5, 0.6) is 0 Å². The van der Waals surface area contributed by atoms with Gasteiger partial charge in [0.05, 0.1) is 0 Å². The second-order valence-electron chi connectivity index (χ2n) is 5.48. The molecular formula is C11H12O. The normalized spacial score (nSPS) is 74.8. The first-order valence-corrected chi connectivity index (χ1v) is 4.79. The van der Waals surface area contributed by atoms with Crippen LogP contribution in [0.2, 0.25) is 0 Å². The van der Waals surface area contributed by atoms with Crippen molar-refractivity contribution in [1.82, 2.24) is 0 Å². The summed E-state index contributed by atoms with van der Waals surface area (Å²) >= 11 is 0. The summed E-state index contributed by atoms with van der Waals surface area (Å²) < 4.78 is 0. The Kier molecular flexibility index (Phi) is 0.529. The van der Waals surface area contributed by atoms with Gasteiger partial charge in [-0.1, -0.05) is 26.0 Å². The molecule has 1 nitrogen and oxygen atoms in total. The molecule has 4 aliphatic rings. The molecule has 0 aromatic heterocycles. The zero-order valence-electron chi connectivity index (χ0n) is 7.42. The highest BCUT2D eigenvalue weighted by Crippen LogP contribution is 2.94. The monoisotopic (exact) mass is 160 g/mol. The molecule has 4 aliphatic carbocycles. The molecule has 0 radical (unpaired) electrons. The summed E-state index contributed by atoms with van der Waals surface area (Å²) in [6.45, 7) is 8.47. The molecule has 0 saturated heterocycles. The molecule has 4 fully saturated rings. The Morgan fingerprint density at radius 3 is 1.92 bits per heavy atom. The van der Waals surface area contributed by atoms with E-state index in [1.54, 1.807) is 0 Å². The zero-order chi connectivity index (χ0) is 8.46. The van der Waals surface area contributed by atoms with Crippen LogP contribution in [-0.2, 0) is 4.79 Å². The van der Waals surface area contributed by atoms with Gasteiger partial charge < -0.3 is 0 Å². The third kappa shape index (κ3) is 0.252. The number of rotatable bonds is 0. The number of allylic oxidation sites excluding steroid dienone is 1. The topological polar surface area (TPSA) is 17.1 Å². The van der Waals surface area contributed by atoms with Crippen molar-refractivity contribution in [2.45, 2.75) is 13.8 Å². The molecule has 0 aromatic rings. The fourth-order valence-electron chi connectivity index (χ4n) is 4.84. The molecule has 0 unspecified atom stereocenters. The van der Waals surface area contributed by atoms with E-state index >= 15 is 0 Å². The molecule has 0 aliphatic heterocycles. The van der Waals surface area contributed by atoms with Gasteiger partial charge >= 0.3 is 0 Å². The van der Waals surface area contributed by atoms with Crippen molar-refractivity contribution >= 4 is 5.78 Å². The van der Waals surface area contributed by atoms with E-state index < -0.39 is 0 Å². The Morgan fingerprint density at radius 1 is 1.17 bits per heavy atom. The van der Waals surface area contributed by atoms with Crippen LogP contribution in [0.25, 0.3) is 0 Å². The van der Waals surface area contributed by atoms with Crippen molar-refractivity contribution in [2.24, 2.45) is 34.5 Å². The van der Waals surface area contributed by atoms with Gasteiger partial charge in [-0.25, -0.2) is 0 Å². The molecule has 62 valence electrons. The van der Waals surface area contributed by atoms with Gasteiger partial charge in [0.25, 0.3) is 0 Å². The van der Waals surface area contributed by atoms with Crippen molar-refractivity contribution in [3.63, 3.8) is 0 Å². The number of ketones is 1. The molecular weight excluding hydrogens is 148 g/mol. The Hall–Kier alpha value is -0.590. The number of carbonyl (C=O) groups is 1. The highest BCUT2D eigenvalue weighted by atomic mass is 16.1. The Balaban J connectivity index is 2.05. The third-order valence-electron chi connectivity index (χ3n) is 5.34. The average Bonchev–Trinajstić information content (AvgIpc) is 2.72. The van der Waals surface area contributed by atoms with Crippen molar-refractivity contribution < 1.29 is 4.79 Å². The first-order valence-electron chi connectivity index (χ1n) is 4.79. The van der Waals surface area contributed by atoms with Gasteiger partial charge in [-0.3, -0.25) is 4.79 Å². The lowest BCUT2D eigenvalue weighted by atomic mass is 9.79. The number of hydrogen-bond acceptors (Lipinski definition) is 1. The lowest BCUT2D eigenvalue weighted by Gasteiger charge is -2.22. The summed E-state index contributed by atoms with van der Waals surface area (Å²) in [7, 11) is 0. The standard InChI is InChI=1S/C11H12O/c1-4-5-7-8-6(4)11(8,3)9(12)10(5,7)2/h5-8H,1H2,2-3H3/t5-,6+,7-,8+,10-,11+. The van der Waals surface area contributed by atoms with E-state index in [0.717, 1.165) is 0 Å². The minimum absolute atomic E-state index is 0.0608. The van der Waals surface area contributed by atoms with Crippen molar-refractivity contribution in [3.05, 3.63) is 12.2 Å². The predicted octanol–water partition coefficient (Wildman–Crippen LogP) is 1.64. The fourth-order valence-corrected chi connectivity index (χ4v) is 4.84. The first kappa shape index (κ1) is 5.95. The number of Topliss-reactive ketones (excluding diaryl/α,β-unsaturated/α-hetero) is 1. The van der Waals surface area contributed by atoms with Crippen LogP contribution in [0.4, 0.5) is 0 Å². The van der Waals surface area contributed by atoms with E-state index in [4.69, 9.17) is 0 Å². The maximum absolute atomic E-state index is 12.0. The van der Waals surface area contributed by atoms with Crippen molar-refractivity contribution in [1.29, 1.82) is 0 Å². The van der Waals surface area contributed by atoms with Crippen LogP contribution in [0.3, 0.4) is 0 Å². The van der Waals surface area contributed by atoms with Crippen LogP contribution in [-0.4, -0.2) is 5.78 Å².